The molecule has 0 radical (unpaired) electrons. The fraction of sp³-hybridized carbons (Fsp3) is 0.538. The first-order chi connectivity index (χ1) is 45.4. The molecule has 1 saturated carbocycles. The van der Waals surface area contributed by atoms with E-state index in [2.05, 4.69) is 81.0 Å². The first-order valence-electron chi connectivity index (χ1n) is 32.4. The number of hydrogen-bond donors (Lipinski definition) is 8. The predicted molar refractivity (Wildman–Crippen MR) is 362 cm³/mol. The van der Waals surface area contributed by atoms with Crippen molar-refractivity contribution in [3.05, 3.63) is 87.0 Å². The molecule has 11 heterocycles. The molecule has 94 heavy (non-hydrogen) atoms. The predicted octanol–water partition coefficient (Wildman–Crippen LogP) is 10.9. The van der Waals surface area contributed by atoms with Gasteiger partial charge in [0.05, 0.1) is 75.4 Å². The zero-order valence-corrected chi connectivity index (χ0v) is 56.1. The summed E-state index contributed by atoms with van der Waals surface area (Å²) in [5.74, 6) is 2.01. The molecule has 24 nitrogen and oxygen atoms in total. The van der Waals surface area contributed by atoms with Gasteiger partial charge in [-0.1, -0.05) is 58.0 Å². The highest BCUT2D eigenvalue weighted by atomic mass is 35.5. The van der Waals surface area contributed by atoms with Crippen LogP contribution >= 0.6 is 58.0 Å². The lowest BCUT2D eigenvalue weighted by Gasteiger charge is -2.45. The molecule has 29 heteroatoms. The number of piperidine rings is 1. The maximum atomic E-state index is 14.1. The number of pyridine rings is 3. The van der Waals surface area contributed by atoms with E-state index in [1.807, 2.05) is 0 Å². The van der Waals surface area contributed by atoms with Gasteiger partial charge in [0.25, 0.3) is 0 Å². The van der Waals surface area contributed by atoms with Gasteiger partial charge in [0.15, 0.2) is 10.3 Å². The van der Waals surface area contributed by atoms with Gasteiger partial charge in [-0.15, -0.1) is 0 Å². The molecule has 1 aliphatic carbocycles. The molecule has 0 aromatic carbocycles. The summed E-state index contributed by atoms with van der Waals surface area (Å²) in [4.78, 5) is 82.0. The van der Waals surface area contributed by atoms with Crippen molar-refractivity contribution >= 4 is 111 Å². The van der Waals surface area contributed by atoms with E-state index in [1.54, 1.807) is 43.0 Å². The summed E-state index contributed by atoms with van der Waals surface area (Å²) in [6, 6.07) is 4.79. The average molecular weight is 1390 g/mol. The molecule has 0 spiro atoms. The van der Waals surface area contributed by atoms with Crippen LogP contribution in [0.25, 0.3) is 33.8 Å². The van der Waals surface area contributed by atoms with E-state index >= 15 is 0 Å². The second-order valence-corrected chi connectivity index (χ2v) is 28.0. The summed E-state index contributed by atoms with van der Waals surface area (Å²) in [5, 5.41) is 23.8. The lowest BCUT2D eigenvalue weighted by atomic mass is 9.81. The fourth-order valence-corrected chi connectivity index (χ4v) is 14.8. The number of anilines is 6. The van der Waals surface area contributed by atoms with Gasteiger partial charge in [0.2, 0.25) is 17.7 Å². The van der Waals surface area contributed by atoms with Crippen LogP contribution in [-0.4, -0.2) is 152 Å². The van der Waals surface area contributed by atoms with Gasteiger partial charge in [-0.2, -0.15) is 0 Å². The Balaban J connectivity index is 0.618. The summed E-state index contributed by atoms with van der Waals surface area (Å²) in [7, 11) is 0. The van der Waals surface area contributed by atoms with Gasteiger partial charge in [0, 0.05) is 112 Å². The van der Waals surface area contributed by atoms with Gasteiger partial charge in [0.1, 0.15) is 46.3 Å². The lowest BCUT2D eigenvalue weighted by molar-refractivity contribution is -0.186. The highest BCUT2D eigenvalue weighted by Gasteiger charge is 2.44. The first-order valence-corrected chi connectivity index (χ1v) is 34.3. The molecule has 5 saturated heterocycles. The molecule has 0 bridgehead atoms. The standard InChI is InChI=1S/C65H78Cl5N17O7/c1-65(2)22-36(25-76-55-31-73-30-48(82-55)40-19-52(77-27-44(40)66)86-63(89)38-4-3-9-72-26-38)15-51(94-65)50-18-37(8-13-93-50)62(88)85-53-20-41(45(67)28-78-53)59-61(70)81-33-57(84-59)75-24-35-7-12-92-49(14-35)43-16-39(17-47(43)71)64(90)87-54-21-42(46(68)29-79-54)58-60(69)80-32-56(83-58)74-23-34-5-10-91-11-6-34/h19-21,27-39,43,47,49-51,72H,3-18,22-26,71H2,1-2H3,(H,74,83)(H,75,84)(H,76,82)(H,77,86,89)(H,78,85,88)(H,79,87,90). The number of carbonyl (C=O) groups excluding carboxylic acids is 3. The van der Waals surface area contributed by atoms with Crippen molar-refractivity contribution in [1.29, 1.82) is 0 Å². The number of nitrogens with two attached hydrogens (primary N) is 1. The molecule has 9 N–H and O–H groups in total. The third kappa shape index (κ3) is 17.1. The molecular weight excluding hydrogens is 1310 g/mol. The van der Waals surface area contributed by atoms with Crippen molar-refractivity contribution in [3.8, 4) is 33.8 Å². The third-order valence-corrected chi connectivity index (χ3v) is 20.2. The molecule has 10 unspecified atom stereocenters. The first kappa shape index (κ1) is 67.7. The molecule has 6 aromatic heterocycles. The number of aromatic nitrogens is 9. The van der Waals surface area contributed by atoms with Crippen LogP contribution in [0, 0.1) is 41.4 Å². The summed E-state index contributed by atoms with van der Waals surface area (Å²) in [6.07, 6.45) is 18.8. The van der Waals surface area contributed by atoms with E-state index in [0.717, 1.165) is 71.2 Å². The molecule has 5 aliphatic heterocycles. The van der Waals surface area contributed by atoms with E-state index in [4.69, 9.17) is 97.6 Å². The molecule has 6 aromatic rings. The quantitative estimate of drug-likeness (QED) is 0.0352. The lowest BCUT2D eigenvalue weighted by Crippen LogP contribution is -2.49. The normalized spacial score (nSPS) is 25.6. The van der Waals surface area contributed by atoms with Crippen LogP contribution < -0.4 is 43.0 Å². The summed E-state index contributed by atoms with van der Waals surface area (Å²) < 4.78 is 24.9. The minimum atomic E-state index is -0.468. The largest absolute Gasteiger partial charge is 0.381 e. The van der Waals surface area contributed by atoms with Crippen molar-refractivity contribution in [3.63, 3.8) is 0 Å². The summed E-state index contributed by atoms with van der Waals surface area (Å²) in [5.41, 5.74) is 9.10. The van der Waals surface area contributed by atoms with Crippen LogP contribution in [0.5, 0.6) is 0 Å². The van der Waals surface area contributed by atoms with Crippen LogP contribution in [0.1, 0.15) is 90.9 Å². The van der Waals surface area contributed by atoms with Crippen molar-refractivity contribution in [2.24, 2.45) is 47.2 Å². The average Bonchev–Trinajstić information content (AvgIpc) is 1.07. The monoisotopic (exact) mass is 1380 g/mol. The molecule has 6 aliphatic rings. The number of ether oxygens (including phenoxy) is 4. The van der Waals surface area contributed by atoms with E-state index in [-0.39, 0.29) is 98.7 Å². The molecule has 6 fully saturated rings. The van der Waals surface area contributed by atoms with E-state index in [0.29, 0.717) is 144 Å². The Morgan fingerprint density at radius 2 is 1.09 bits per heavy atom. The highest BCUT2D eigenvalue weighted by Crippen LogP contribution is 2.42. The number of carbonyl (C=O) groups is 3. The Bertz CT molecular complexity index is 3680. The summed E-state index contributed by atoms with van der Waals surface area (Å²) in [6.45, 7) is 9.97. The fourth-order valence-electron chi connectivity index (χ4n) is 13.8. The Labute approximate surface area is 570 Å². The smallest absolute Gasteiger partial charge is 0.229 e. The molecule has 3 amide bonds. The van der Waals surface area contributed by atoms with Crippen LogP contribution in [0.4, 0.5) is 34.9 Å². The molecular formula is C65H78Cl5N17O7. The Morgan fingerprint density at radius 1 is 0.543 bits per heavy atom. The topological polar surface area (TPSA) is 314 Å². The van der Waals surface area contributed by atoms with Crippen LogP contribution in [0.3, 0.4) is 0 Å². The van der Waals surface area contributed by atoms with E-state index in [1.165, 1.54) is 18.6 Å². The van der Waals surface area contributed by atoms with Crippen molar-refractivity contribution in [2.75, 3.05) is 91.1 Å². The summed E-state index contributed by atoms with van der Waals surface area (Å²) >= 11 is 33.4. The van der Waals surface area contributed by atoms with Gasteiger partial charge in [-0.3, -0.25) is 19.4 Å². The van der Waals surface area contributed by atoms with Gasteiger partial charge < -0.3 is 61.9 Å². The Hall–Kier alpha value is -6.29. The van der Waals surface area contributed by atoms with Crippen LogP contribution in [0.2, 0.25) is 25.4 Å². The van der Waals surface area contributed by atoms with Crippen LogP contribution in [-0.2, 0) is 33.3 Å². The Morgan fingerprint density at radius 3 is 1.72 bits per heavy atom. The zero-order valence-electron chi connectivity index (χ0n) is 52.3. The molecule has 12 rings (SSSR count). The van der Waals surface area contributed by atoms with Crippen molar-refractivity contribution < 1.29 is 33.3 Å². The number of amides is 3. The second kappa shape index (κ2) is 30.8. The van der Waals surface area contributed by atoms with E-state index in [9.17, 15) is 14.4 Å². The number of hydrogen-bond acceptors (Lipinski definition) is 21. The molecule has 500 valence electrons. The number of nitrogens with one attached hydrogen (secondary N) is 7. The van der Waals surface area contributed by atoms with Gasteiger partial charge in [-0.25, -0.2) is 39.9 Å². The number of nitrogens with zero attached hydrogens (tertiary/aromatic N) is 9. The van der Waals surface area contributed by atoms with E-state index < -0.39 is 5.60 Å². The van der Waals surface area contributed by atoms with Gasteiger partial charge in [-0.05, 0) is 133 Å². The minimum Gasteiger partial charge on any atom is -0.381 e. The SMILES string of the molecule is CC1(C)CC(CNc2cncc(-c3cc(NC(=O)C4CCCNC4)ncc3Cl)n2)CC(C2CC(C(=O)Nc3cc(-c4nc(NCC5CCOC(C6CC(C(=O)Nc7cc(-c8nc(NCC9CCOCC9)cnc8Cl)c(Cl)cn7)CC6N)C5)cnc4Cl)c(Cl)cn3)CCO2)O1. The zero-order chi connectivity index (χ0) is 65.5. The van der Waals surface area contributed by atoms with Crippen molar-refractivity contribution in [1.82, 2.24) is 50.2 Å². The number of rotatable bonds is 20. The van der Waals surface area contributed by atoms with Crippen LogP contribution in [0.15, 0.2) is 61.6 Å². The minimum absolute atomic E-state index is 0.0483. The highest BCUT2D eigenvalue weighted by molar-refractivity contribution is 6.36. The number of halogens is 5. The second-order valence-electron chi connectivity index (χ2n) is 26.1. The Kier molecular flexibility index (Phi) is 22.2. The maximum absolute atomic E-state index is 14.1. The molecule has 10 atom stereocenters. The van der Waals surface area contributed by atoms with Crippen molar-refractivity contribution in [2.45, 2.75) is 121 Å². The maximum Gasteiger partial charge on any atom is 0.229 e. The third-order valence-electron chi connectivity index (χ3n) is 18.8. The van der Waals surface area contributed by atoms with Gasteiger partial charge >= 0.3 is 0 Å².